The van der Waals surface area contributed by atoms with Crippen LogP contribution in [-0.4, -0.2) is 32.2 Å². The first kappa shape index (κ1) is 15.0. The molecule has 2 aromatic heterocycles. The zero-order valence-electron chi connectivity index (χ0n) is 13.3. The van der Waals surface area contributed by atoms with Crippen LogP contribution in [0.2, 0.25) is 0 Å². The highest BCUT2D eigenvalue weighted by Gasteiger charge is 2.12. The molecule has 0 spiro atoms. The summed E-state index contributed by atoms with van der Waals surface area (Å²) in [4.78, 5) is 16.8. The van der Waals surface area contributed by atoms with Crippen molar-refractivity contribution in [3.8, 4) is 17.1 Å². The molecule has 0 N–H and O–H groups in total. The molecule has 0 aliphatic heterocycles. The summed E-state index contributed by atoms with van der Waals surface area (Å²) in [5.74, 6) is 1.38. The minimum atomic E-state index is -0.258. The molecule has 4 aromatic rings. The van der Waals surface area contributed by atoms with Gasteiger partial charge in [-0.3, -0.25) is 4.79 Å². The molecule has 2 heterocycles. The number of nitrogens with zero attached hydrogens (tertiary/aromatic N) is 5. The first-order chi connectivity index (χ1) is 12.2. The Bertz CT molecular complexity index is 1100. The van der Waals surface area contributed by atoms with Gasteiger partial charge in [-0.25, -0.2) is 4.68 Å². The van der Waals surface area contributed by atoms with Crippen LogP contribution in [0.4, 0.5) is 0 Å². The second kappa shape index (κ2) is 6.16. The third kappa shape index (κ3) is 2.85. The molecule has 124 valence electrons. The SMILES string of the molecule is COc1cccc(-c2noc(Cn3nnc4ccccc4c3=O)n2)c1. The smallest absolute Gasteiger partial charge is 0.278 e. The van der Waals surface area contributed by atoms with E-state index in [0.717, 1.165) is 5.56 Å². The topological polar surface area (TPSA) is 95.9 Å². The highest BCUT2D eigenvalue weighted by atomic mass is 16.5. The lowest BCUT2D eigenvalue weighted by Crippen LogP contribution is -2.24. The van der Waals surface area contributed by atoms with Gasteiger partial charge < -0.3 is 9.26 Å². The van der Waals surface area contributed by atoms with Gasteiger partial charge in [0.2, 0.25) is 11.7 Å². The molecule has 2 aromatic carbocycles. The van der Waals surface area contributed by atoms with Crippen molar-refractivity contribution < 1.29 is 9.26 Å². The predicted octanol–water partition coefficient (Wildman–Crippen LogP) is 1.90. The van der Waals surface area contributed by atoms with Crippen LogP contribution in [0, 0.1) is 0 Å². The molecule has 0 radical (unpaired) electrons. The Morgan fingerprint density at radius 3 is 2.92 bits per heavy atom. The van der Waals surface area contributed by atoms with E-state index in [1.807, 2.05) is 18.2 Å². The number of methoxy groups -OCH3 is 1. The standard InChI is InChI=1S/C17H13N5O3/c1-24-12-6-4-5-11(9-12)16-18-15(25-20-16)10-22-17(23)13-7-2-3-8-14(13)19-21-22/h2-9H,10H2,1H3. The molecule has 0 bridgehead atoms. The van der Waals surface area contributed by atoms with Crippen LogP contribution in [0.3, 0.4) is 0 Å². The van der Waals surface area contributed by atoms with E-state index >= 15 is 0 Å². The molecule has 0 amide bonds. The lowest BCUT2D eigenvalue weighted by molar-refractivity contribution is 0.361. The summed E-state index contributed by atoms with van der Waals surface area (Å²) in [5, 5.41) is 12.4. The number of hydrogen-bond donors (Lipinski definition) is 0. The van der Waals surface area contributed by atoms with Gasteiger partial charge in [-0.05, 0) is 24.3 Å². The summed E-state index contributed by atoms with van der Waals surface area (Å²) in [6.07, 6.45) is 0. The molecule has 0 atom stereocenters. The maximum atomic E-state index is 12.4. The number of aromatic nitrogens is 5. The summed E-state index contributed by atoms with van der Waals surface area (Å²) in [6.45, 7) is 0.0492. The fourth-order valence-corrected chi connectivity index (χ4v) is 2.45. The van der Waals surface area contributed by atoms with Crippen molar-refractivity contribution in [3.63, 3.8) is 0 Å². The molecule has 8 nitrogen and oxygen atoms in total. The average Bonchev–Trinajstić information content (AvgIpc) is 3.13. The number of rotatable bonds is 4. The van der Waals surface area contributed by atoms with E-state index in [0.29, 0.717) is 22.5 Å². The van der Waals surface area contributed by atoms with Gasteiger partial charge in [0.05, 0.1) is 12.5 Å². The summed E-state index contributed by atoms with van der Waals surface area (Å²) >= 11 is 0. The molecule has 0 aliphatic carbocycles. The Morgan fingerprint density at radius 2 is 2.04 bits per heavy atom. The van der Waals surface area contributed by atoms with Gasteiger partial charge in [-0.1, -0.05) is 34.6 Å². The van der Waals surface area contributed by atoms with Gasteiger partial charge in [-0.15, -0.1) is 5.10 Å². The third-order valence-corrected chi connectivity index (χ3v) is 3.71. The second-order valence-corrected chi connectivity index (χ2v) is 5.31. The van der Waals surface area contributed by atoms with Gasteiger partial charge in [0.15, 0.2) is 0 Å². The van der Waals surface area contributed by atoms with Gasteiger partial charge in [-0.2, -0.15) is 4.98 Å². The average molecular weight is 335 g/mol. The molecule has 0 fully saturated rings. The second-order valence-electron chi connectivity index (χ2n) is 5.31. The van der Waals surface area contributed by atoms with E-state index in [4.69, 9.17) is 9.26 Å². The summed E-state index contributed by atoms with van der Waals surface area (Å²) in [5.41, 5.74) is 1.05. The highest BCUT2D eigenvalue weighted by molar-refractivity contribution is 5.76. The molecular weight excluding hydrogens is 322 g/mol. The van der Waals surface area contributed by atoms with E-state index in [1.54, 1.807) is 37.4 Å². The van der Waals surface area contributed by atoms with Gasteiger partial charge in [0, 0.05) is 5.56 Å². The first-order valence-corrected chi connectivity index (χ1v) is 7.54. The normalized spacial score (nSPS) is 10.9. The minimum Gasteiger partial charge on any atom is -0.497 e. The van der Waals surface area contributed by atoms with Crippen LogP contribution in [0.25, 0.3) is 22.3 Å². The fourth-order valence-electron chi connectivity index (χ4n) is 2.45. The Labute approximate surface area is 141 Å². The number of fused-ring (bicyclic) bond motifs is 1. The van der Waals surface area contributed by atoms with Gasteiger partial charge in [0.25, 0.3) is 5.56 Å². The highest BCUT2D eigenvalue weighted by Crippen LogP contribution is 2.21. The number of hydrogen-bond acceptors (Lipinski definition) is 7. The van der Waals surface area contributed by atoms with Gasteiger partial charge >= 0.3 is 0 Å². The van der Waals surface area contributed by atoms with E-state index in [2.05, 4.69) is 20.5 Å². The zero-order valence-corrected chi connectivity index (χ0v) is 13.3. The number of ether oxygens (including phenoxy) is 1. The largest absolute Gasteiger partial charge is 0.497 e. The van der Waals surface area contributed by atoms with Crippen molar-refractivity contribution in [2.45, 2.75) is 6.54 Å². The van der Waals surface area contributed by atoms with Crippen molar-refractivity contribution in [2.75, 3.05) is 7.11 Å². The van der Waals surface area contributed by atoms with E-state index in [1.165, 1.54) is 4.68 Å². The monoisotopic (exact) mass is 335 g/mol. The molecule has 8 heteroatoms. The van der Waals surface area contributed by atoms with Crippen LogP contribution in [0.1, 0.15) is 5.89 Å². The minimum absolute atomic E-state index is 0.0492. The van der Waals surface area contributed by atoms with Gasteiger partial charge in [0.1, 0.15) is 17.8 Å². The van der Waals surface area contributed by atoms with Crippen molar-refractivity contribution in [3.05, 3.63) is 64.8 Å². The van der Waals surface area contributed by atoms with Crippen LogP contribution in [0.5, 0.6) is 5.75 Å². The predicted molar refractivity (Wildman–Crippen MR) is 89.2 cm³/mol. The molecular formula is C17H13N5O3. The lowest BCUT2D eigenvalue weighted by Gasteiger charge is -2.01. The van der Waals surface area contributed by atoms with Crippen LogP contribution in [0.15, 0.2) is 57.8 Å². The zero-order chi connectivity index (χ0) is 17.2. The molecule has 0 saturated heterocycles. The van der Waals surface area contributed by atoms with E-state index in [-0.39, 0.29) is 18.0 Å². The molecule has 25 heavy (non-hydrogen) atoms. The van der Waals surface area contributed by atoms with Crippen molar-refractivity contribution in [2.24, 2.45) is 0 Å². The maximum Gasteiger partial charge on any atom is 0.278 e. The van der Waals surface area contributed by atoms with Crippen LogP contribution < -0.4 is 10.3 Å². The Hall–Kier alpha value is -3.55. The lowest BCUT2D eigenvalue weighted by atomic mass is 10.2. The van der Waals surface area contributed by atoms with Crippen molar-refractivity contribution in [1.82, 2.24) is 25.1 Å². The summed E-state index contributed by atoms with van der Waals surface area (Å²) in [7, 11) is 1.59. The first-order valence-electron chi connectivity index (χ1n) is 7.54. The maximum absolute atomic E-state index is 12.4. The summed E-state index contributed by atoms with van der Waals surface area (Å²) in [6, 6.07) is 14.3. The van der Waals surface area contributed by atoms with Crippen LogP contribution in [-0.2, 0) is 6.54 Å². The van der Waals surface area contributed by atoms with Crippen LogP contribution >= 0.6 is 0 Å². The molecule has 0 aliphatic rings. The quantitative estimate of drug-likeness (QED) is 0.562. The molecule has 0 unspecified atom stereocenters. The van der Waals surface area contributed by atoms with E-state index in [9.17, 15) is 4.79 Å². The Morgan fingerprint density at radius 1 is 1.16 bits per heavy atom. The molecule has 4 rings (SSSR count). The summed E-state index contributed by atoms with van der Waals surface area (Å²) < 4.78 is 11.6. The van der Waals surface area contributed by atoms with Crippen molar-refractivity contribution in [1.29, 1.82) is 0 Å². The Balaban J connectivity index is 1.65. The Kier molecular flexibility index (Phi) is 3.70. The molecule has 0 saturated carbocycles. The number of benzene rings is 2. The van der Waals surface area contributed by atoms with E-state index < -0.39 is 0 Å². The fraction of sp³-hybridized carbons (Fsp3) is 0.118. The third-order valence-electron chi connectivity index (χ3n) is 3.71. The van der Waals surface area contributed by atoms with Crippen molar-refractivity contribution >= 4 is 10.9 Å².